The minimum absolute atomic E-state index is 0.265. The van der Waals surface area contributed by atoms with Crippen molar-refractivity contribution in [2.24, 2.45) is 0 Å². The highest BCUT2D eigenvalue weighted by atomic mass is 19.1. The molecule has 0 N–H and O–H groups in total. The summed E-state index contributed by atoms with van der Waals surface area (Å²) < 4.78 is 15.3. The topological polar surface area (TPSA) is 30.2 Å². The van der Waals surface area contributed by atoms with Crippen LogP contribution in [0.1, 0.15) is 0 Å². The van der Waals surface area contributed by atoms with E-state index in [0.29, 0.717) is 11.3 Å². The maximum atomic E-state index is 13.5. The van der Waals surface area contributed by atoms with E-state index in [-0.39, 0.29) is 5.82 Å². The second-order valence-corrected chi connectivity index (χ2v) is 3.45. The van der Waals surface area contributed by atoms with Crippen molar-refractivity contribution in [3.8, 4) is 11.3 Å². The minimum Gasteiger partial charge on any atom is -0.290 e. The van der Waals surface area contributed by atoms with Crippen LogP contribution in [-0.2, 0) is 0 Å². The predicted molar refractivity (Wildman–Crippen MR) is 58.4 cm³/mol. The van der Waals surface area contributed by atoms with Gasteiger partial charge < -0.3 is 0 Å². The molecule has 0 spiro atoms. The summed E-state index contributed by atoms with van der Waals surface area (Å²) in [6.07, 6.45) is 5.07. The first-order chi connectivity index (χ1) is 7.84. The third kappa shape index (κ3) is 1.35. The smallest absolute Gasteiger partial charge is 0.140 e. The number of nitrogens with zero attached hydrogens (tertiary/aromatic N) is 3. The lowest BCUT2D eigenvalue weighted by Gasteiger charge is -1.96. The Bertz CT molecular complexity index is 612. The van der Waals surface area contributed by atoms with Gasteiger partial charge in [0.15, 0.2) is 0 Å². The van der Waals surface area contributed by atoms with Crippen molar-refractivity contribution in [1.29, 1.82) is 0 Å². The second kappa shape index (κ2) is 3.41. The number of benzene rings is 1. The van der Waals surface area contributed by atoms with Crippen molar-refractivity contribution in [3.05, 3.63) is 54.9 Å². The first-order valence-corrected chi connectivity index (χ1v) is 4.88. The number of aromatic nitrogens is 3. The zero-order valence-electron chi connectivity index (χ0n) is 8.34. The van der Waals surface area contributed by atoms with Gasteiger partial charge in [0.2, 0.25) is 0 Å². The number of hydrogen-bond acceptors (Lipinski definition) is 2. The highest BCUT2D eigenvalue weighted by molar-refractivity contribution is 5.62. The molecule has 0 aliphatic carbocycles. The van der Waals surface area contributed by atoms with E-state index in [1.54, 1.807) is 47.4 Å². The van der Waals surface area contributed by atoms with E-state index < -0.39 is 0 Å². The molecule has 0 fully saturated rings. The Hall–Kier alpha value is -2.23. The van der Waals surface area contributed by atoms with E-state index in [0.717, 1.165) is 5.65 Å². The van der Waals surface area contributed by atoms with Crippen LogP contribution in [0.3, 0.4) is 0 Å². The summed E-state index contributed by atoms with van der Waals surface area (Å²) >= 11 is 0. The van der Waals surface area contributed by atoms with Gasteiger partial charge in [0.05, 0.1) is 5.69 Å². The summed E-state index contributed by atoms with van der Waals surface area (Å²) in [4.78, 5) is 8.30. The average Bonchev–Trinajstić information content (AvgIpc) is 2.73. The summed E-state index contributed by atoms with van der Waals surface area (Å²) in [5.74, 6) is -0.265. The molecule has 4 heteroatoms. The molecule has 0 atom stereocenters. The summed E-state index contributed by atoms with van der Waals surface area (Å²) in [5, 5.41) is 0. The van der Waals surface area contributed by atoms with E-state index >= 15 is 0 Å². The zero-order chi connectivity index (χ0) is 11.0. The molecule has 0 aliphatic rings. The molecule has 0 aliphatic heterocycles. The Balaban J connectivity index is 2.23. The Morgan fingerprint density at radius 1 is 1.12 bits per heavy atom. The molecular weight excluding hydrogens is 205 g/mol. The third-order valence-electron chi connectivity index (χ3n) is 2.41. The number of rotatable bonds is 1. The van der Waals surface area contributed by atoms with Crippen LogP contribution in [0.5, 0.6) is 0 Å². The molecule has 0 saturated heterocycles. The van der Waals surface area contributed by atoms with Crippen LogP contribution in [0, 0.1) is 5.82 Å². The van der Waals surface area contributed by atoms with E-state index in [4.69, 9.17) is 0 Å². The fourth-order valence-corrected chi connectivity index (χ4v) is 1.64. The molecule has 3 nitrogen and oxygen atoms in total. The lowest BCUT2D eigenvalue weighted by molar-refractivity contribution is 0.631. The Labute approximate surface area is 91.2 Å². The molecule has 1 aromatic carbocycles. The zero-order valence-corrected chi connectivity index (χ0v) is 8.34. The van der Waals surface area contributed by atoms with Gasteiger partial charge in [-0.15, -0.1) is 0 Å². The first kappa shape index (κ1) is 9.03. The Kier molecular flexibility index (Phi) is 1.93. The van der Waals surface area contributed by atoms with Crippen LogP contribution in [0.15, 0.2) is 49.1 Å². The van der Waals surface area contributed by atoms with Gasteiger partial charge in [-0.05, 0) is 18.2 Å². The van der Waals surface area contributed by atoms with Crippen molar-refractivity contribution in [3.63, 3.8) is 0 Å². The van der Waals surface area contributed by atoms with Crippen LogP contribution in [0.25, 0.3) is 16.9 Å². The first-order valence-electron chi connectivity index (χ1n) is 4.88. The quantitative estimate of drug-likeness (QED) is 0.621. The molecule has 0 unspecified atom stereocenters. The van der Waals surface area contributed by atoms with Gasteiger partial charge in [0, 0.05) is 18.0 Å². The molecule has 2 heterocycles. The number of imidazole rings is 1. The molecule has 78 valence electrons. The highest BCUT2D eigenvalue weighted by Crippen LogP contribution is 2.21. The summed E-state index contributed by atoms with van der Waals surface area (Å²) in [5.41, 5.74) is 1.88. The Morgan fingerprint density at radius 2 is 2.00 bits per heavy atom. The molecule has 3 aromatic rings. The predicted octanol–water partition coefficient (Wildman–Crippen LogP) is 2.54. The van der Waals surface area contributed by atoms with Gasteiger partial charge in [-0.2, -0.15) is 0 Å². The molecule has 0 bridgehead atoms. The van der Waals surface area contributed by atoms with Crippen LogP contribution < -0.4 is 0 Å². The van der Waals surface area contributed by atoms with Crippen LogP contribution in [-0.4, -0.2) is 14.4 Å². The monoisotopic (exact) mass is 213 g/mol. The van der Waals surface area contributed by atoms with Crippen LogP contribution in [0.2, 0.25) is 0 Å². The van der Waals surface area contributed by atoms with Crippen LogP contribution in [0.4, 0.5) is 4.39 Å². The average molecular weight is 213 g/mol. The van der Waals surface area contributed by atoms with E-state index in [1.807, 2.05) is 0 Å². The summed E-state index contributed by atoms with van der Waals surface area (Å²) in [6.45, 7) is 0. The standard InChI is InChI=1S/C12H8FN3/c13-10-4-2-1-3-9(10)11-7-16-8-14-6-5-12(16)15-11/h1-8H. The van der Waals surface area contributed by atoms with E-state index in [9.17, 15) is 4.39 Å². The number of halogens is 1. The van der Waals surface area contributed by atoms with Crippen molar-refractivity contribution < 1.29 is 4.39 Å². The van der Waals surface area contributed by atoms with Gasteiger partial charge in [-0.3, -0.25) is 4.40 Å². The second-order valence-electron chi connectivity index (χ2n) is 3.45. The lowest BCUT2D eigenvalue weighted by Crippen LogP contribution is -1.82. The molecule has 0 radical (unpaired) electrons. The molecule has 0 saturated carbocycles. The van der Waals surface area contributed by atoms with Crippen molar-refractivity contribution in [1.82, 2.24) is 14.4 Å². The molecule has 0 amide bonds. The SMILES string of the molecule is Fc1ccccc1-c1cn2cnccc2n1. The molecule has 2 aromatic heterocycles. The molecule has 3 rings (SSSR count). The van der Waals surface area contributed by atoms with Crippen LogP contribution >= 0.6 is 0 Å². The normalized spacial score (nSPS) is 10.8. The van der Waals surface area contributed by atoms with Crippen molar-refractivity contribution >= 4 is 5.65 Å². The number of hydrogen-bond donors (Lipinski definition) is 0. The molecule has 16 heavy (non-hydrogen) atoms. The van der Waals surface area contributed by atoms with E-state index in [1.165, 1.54) is 6.07 Å². The maximum absolute atomic E-state index is 13.5. The maximum Gasteiger partial charge on any atom is 0.140 e. The van der Waals surface area contributed by atoms with Crippen molar-refractivity contribution in [2.75, 3.05) is 0 Å². The fourth-order valence-electron chi connectivity index (χ4n) is 1.64. The van der Waals surface area contributed by atoms with Gasteiger partial charge in [0.1, 0.15) is 17.8 Å². The fraction of sp³-hybridized carbons (Fsp3) is 0. The van der Waals surface area contributed by atoms with E-state index in [2.05, 4.69) is 9.97 Å². The molecular formula is C12H8FN3. The number of fused-ring (bicyclic) bond motifs is 1. The van der Waals surface area contributed by atoms with Gasteiger partial charge in [-0.25, -0.2) is 14.4 Å². The van der Waals surface area contributed by atoms with Gasteiger partial charge >= 0.3 is 0 Å². The summed E-state index contributed by atoms with van der Waals surface area (Å²) in [6, 6.07) is 8.38. The van der Waals surface area contributed by atoms with Gasteiger partial charge in [-0.1, -0.05) is 12.1 Å². The highest BCUT2D eigenvalue weighted by Gasteiger charge is 2.07. The Morgan fingerprint density at radius 3 is 2.81 bits per heavy atom. The third-order valence-corrected chi connectivity index (χ3v) is 2.41. The lowest BCUT2D eigenvalue weighted by atomic mass is 10.1. The van der Waals surface area contributed by atoms with Crippen molar-refractivity contribution in [2.45, 2.75) is 0 Å². The summed E-state index contributed by atoms with van der Waals surface area (Å²) in [7, 11) is 0. The minimum atomic E-state index is -0.265. The largest absolute Gasteiger partial charge is 0.290 e. The van der Waals surface area contributed by atoms with Gasteiger partial charge in [0.25, 0.3) is 0 Å².